The highest BCUT2D eigenvalue weighted by Crippen LogP contribution is 2.10. The van der Waals surface area contributed by atoms with Gasteiger partial charge in [-0.25, -0.2) is 17.9 Å². The number of hydrogen-bond donors (Lipinski definition) is 2. The molecule has 0 amide bonds. The molecule has 0 saturated heterocycles. The highest BCUT2D eigenvalue weighted by atomic mass is 32.2. The lowest BCUT2D eigenvalue weighted by Crippen LogP contribution is -2.26. The summed E-state index contributed by atoms with van der Waals surface area (Å²) in [5, 5.41) is 12.4. The first kappa shape index (κ1) is 15.1. The number of rotatable bonds is 6. The van der Waals surface area contributed by atoms with Gasteiger partial charge < -0.3 is 9.63 Å². The van der Waals surface area contributed by atoms with Crippen LogP contribution in [0, 0.1) is 6.92 Å². The van der Waals surface area contributed by atoms with Crippen LogP contribution in [0.3, 0.4) is 0 Å². The van der Waals surface area contributed by atoms with Crippen molar-refractivity contribution in [3.8, 4) is 0 Å². The fourth-order valence-corrected chi connectivity index (χ4v) is 2.63. The van der Waals surface area contributed by atoms with Crippen LogP contribution < -0.4 is 4.72 Å². The van der Waals surface area contributed by atoms with E-state index in [9.17, 15) is 13.2 Å². The van der Waals surface area contributed by atoms with E-state index in [1.54, 1.807) is 6.92 Å². The van der Waals surface area contributed by atoms with Crippen LogP contribution in [0.15, 0.2) is 33.7 Å². The van der Waals surface area contributed by atoms with Crippen LogP contribution in [0.1, 0.15) is 22.1 Å². The molecule has 2 rings (SSSR count). The first-order valence-corrected chi connectivity index (χ1v) is 7.49. The first-order valence-electron chi connectivity index (χ1n) is 6.01. The predicted molar refractivity (Wildman–Crippen MR) is 71.3 cm³/mol. The van der Waals surface area contributed by atoms with E-state index < -0.39 is 16.0 Å². The Morgan fingerprint density at radius 2 is 2.00 bits per heavy atom. The van der Waals surface area contributed by atoms with Crippen LogP contribution in [0.25, 0.3) is 0 Å². The monoisotopic (exact) mass is 311 g/mol. The summed E-state index contributed by atoms with van der Waals surface area (Å²) in [5.41, 5.74) is 0.0234. The van der Waals surface area contributed by atoms with Gasteiger partial charge in [0.25, 0.3) is 0 Å². The molecule has 0 aliphatic rings. The van der Waals surface area contributed by atoms with Gasteiger partial charge in [0.1, 0.15) is 0 Å². The lowest BCUT2D eigenvalue weighted by molar-refractivity contribution is 0.0696. The Morgan fingerprint density at radius 1 is 1.33 bits per heavy atom. The second kappa shape index (κ2) is 6.02. The molecule has 112 valence electrons. The number of sulfonamides is 1. The molecule has 0 atom stereocenters. The maximum absolute atomic E-state index is 12.0. The number of benzene rings is 1. The van der Waals surface area contributed by atoms with E-state index in [1.165, 1.54) is 24.3 Å². The van der Waals surface area contributed by atoms with E-state index in [4.69, 9.17) is 9.63 Å². The maximum Gasteiger partial charge on any atom is 0.335 e. The van der Waals surface area contributed by atoms with Crippen molar-refractivity contribution in [3.05, 3.63) is 41.5 Å². The van der Waals surface area contributed by atoms with Gasteiger partial charge in [0.05, 0.1) is 10.5 Å². The zero-order valence-corrected chi connectivity index (χ0v) is 11.9. The van der Waals surface area contributed by atoms with Gasteiger partial charge in [0, 0.05) is 13.0 Å². The lowest BCUT2D eigenvalue weighted by Gasteiger charge is -2.05. The largest absolute Gasteiger partial charge is 0.478 e. The average molecular weight is 311 g/mol. The van der Waals surface area contributed by atoms with Crippen LogP contribution in [-0.4, -0.2) is 36.2 Å². The van der Waals surface area contributed by atoms with Crippen molar-refractivity contribution in [2.45, 2.75) is 18.2 Å². The van der Waals surface area contributed by atoms with Crippen LogP contribution in [-0.2, 0) is 16.4 Å². The van der Waals surface area contributed by atoms with Crippen LogP contribution in [0.4, 0.5) is 0 Å². The Morgan fingerprint density at radius 3 is 2.52 bits per heavy atom. The van der Waals surface area contributed by atoms with Gasteiger partial charge in [0.2, 0.25) is 15.9 Å². The summed E-state index contributed by atoms with van der Waals surface area (Å²) < 4.78 is 31.2. The molecule has 21 heavy (non-hydrogen) atoms. The molecule has 0 radical (unpaired) electrons. The second-order valence-electron chi connectivity index (χ2n) is 4.21. The summed E-state index contributed by atoms with van der Waals surface area (Å²) in [6.07, 6.45) is 0.271. The standard InChI is InChI=1S/C12H13N3O5S/c1-8-14-11(20-15-8)6-7-13-21(18,19)10-4-2-9(3-5-10)12(16)17/h2-5,13H,6-7H2,1H3,(H,16,17). The number of carbonyl (C=O) groups is 1. The third-order valence-corrected chi connectivity index (χ3v) is 4.09. The Bertz CT molecular complexity index is 737. The van der Waals surface area contributed by atoms with Crippen molar-refractivity contribution in [1.82, 2.24) is 14.9 Å². The molecule has 0 unspecified atom stereocenters. The molecule has 0 aliphatic carbocycles. The number of nitrogens with one attached hydrogen (secondary N) is 1. The van der Waals surface area contributed by atoms with E-state index in [0.29, 0.717) is 11.7 Å². The molecule has 9 heteroatoms. The number of aromatic carboxylic acids is 1. The van der Waals surface area contributed by atoms with E-state index in [0.717, 1.165) is 0 Å². The predicted octanol–water partition coefficient (Wildman–Crippen LogP) is 0.597. The Labute approximate surface area is 120 Å². The second-order valence-corrected chi connectivity index (χ2v) is 5.98. The van der Waals surface area contributed by atoms with Crippen LogP contribution in [0.5, 0.6) is 0 Å². The molecule has 0 spiro atoms. The van der Waals surface area contributed by atoms with Crippen molar-refractivity contribution in [2.75, 3.05) is 6.54 Å². The fourth-order valence-electron chi connectivity index (χ4n) is 1.59. The molecule has 0 fully saturated rings. The molecular weight excluding hydrogens is 298 g/mol. The third kappa shape index (κ3) is 3.86. The minimum absolute atomic E-state index is 0.00536. The molecule has 1 heterocycles. The van der Waals surface area contributed by atoms with Crippen molar-refractivity contribution in [2.24, 2.45) is 0 Å². The van der Waals surface area contributed by atoms with Crippen LogP contribution in [0.2, 0.25) is 0 Å². The average Bonchev–Trinajstić information content (AvgIpc) is 2.84. The Hall–Kier alpha value is -2.26. The van der Waals surface area contributed by atoms with Gasteiger partial charge >= 0.3 is 5.97 Å². The van der Waals surface area contributed by atoms with Gasteiger partial charge in [-0.1, -0.05) is 5.16 Å². The van der Waals surface area contributed by atoms with Crippen molar-refractivity contribution in [3.63, 3.8) is 0 Å². The number of carboxylic acid groups (broad SMARTS) is 1. The summed E-state index contributed by atoms with van der Waals surface area (Å²) in [4.78, 5) is 14.7. The molecular formula is C12H13N3O5S. The highest BCUT2D eigenvalue weighted by Gasteiger charge is 2.15. The van der Waals surface area contributed by atoms with Gasteiger partial charge in [-0.15, -0.1) is 0 Å². The molecule has 1 aromatic carbocycles. The van der Waals surface area contributed by atoms with Crippen molar-refractivity contribution >= 4 is 16.0 Å². The minimum Gasteiger partial charge on any atom is -0.478 e. The highest BCUT2D eigenvalue weighted by molar-refractivity contribution is 7.89. The maximum atomic E-state index is 12.0. The molecule has 2 N–H and O–H groups in total. The SMILES string of the molecule is Cc1noc(CCNS(=O)(=O)c2ccc(C(=O)O)cc2)n1. The zero-order chi connectivity index (χ0) is 15.5. The van der Waals surface area contributed by atoms with Crippen molar-refractivity contribution in [1.29, 1.82) is 0 Å². The molecule has 1 aromatic heterocycles. The van der Waals surface area contributed by atoms with Gasteiger partial charge in [-0.2, -0.15) is 4.98 Å². The quantitative estimate of drug-likeness (QED) is 0.800. The summed E-state index contributed by atoms with van der Waals surface area (Å²) in [7, 11) is -3.70. The zero-order valence-electron chi connectivity index (χ0n) is 11.1. The number of nitrogens with zero attached hydrogens (tertiary/aromatic N) is 2. The number of aryl methyl sites for hydroxylation is 1. The van der Waals surface area contributed by atoms with Gasteiger partial charge in [-0.05, 0) is 31.2 Å². The molecule has 2 aromatic rings. The lowest BCUT2D eigenvalue weighted by atomic mass is 10.2. The smallest absolute Gasteiger partial charge is 0.335 e. The van der Waals surface area contributed by atoms with E-state index in [-0.39, 0.29) is 23.4 Å². The number of aromatic nitrogens is 2. The van der Waals surface area contributed by atoms with Gasteiger partial charge in [-0.3, -0.25) is 0 Å². The number of hydrogen-bond acceptors (Lipinski definition) is 6. The molecule has 0 saturated carbocycles. The van der Waals surface area contributed by atoms with Crippen LogP contribution >= 0.6 is 0 Å². The van der Waals surface area contributed by atoms with E-state index >= 15 is 0 Å². The summed E-state index contributed by atoms with van der Waals surface area (Å²) in [6.45, 7) is 1.77. The summed E-state index contributed by atoms with van der Waals surface area (Å²) in [5.74, 6) is -0.285. The molecule has 0 bridgehead atoms. The third-order valence-electron chi connectivity index (χ3n) is 2.61. The normalized spacial score (nSPS) is 11.5. The topological polar surface area (TPSA) is 122 Å². The minimum atomic E-state index is -3.70. The molecule has 0 aliphatic heterocycles. The molecule has 8 nitrogen and oxygen atoms in total. The Kier molecular flexibility index (Phi) is 4.34. The summed E-state index contributed by atoms with van der Waals surface area (Å²) >= 11 is 0. The first-order chi connectivity index (χ1) is 9.88. The van der Waals surface area contributed by atoms with E-state index in [1.807, 2.05) is 0 Å². The van der Waals surface area contributed by atoms with Gasteiger partial charge in [0.15, 0.2) is 5.82 Å². The van der Waals surface area contributed by atoms with Crippen molar-refractivity contribution < 1.29 is 22.8 Å². The Balaban J connectivity index is 1.99. The van der Waals surface area contributed by atoms with E-state index in [2.05, 4.69) is 14.9 Å². The summed E-state index contributed by atoms with van der Waals surface area (Å²) in [6, 6.07) is 4.95. The fraction of sp³-hybridized carbons (Fsp3) is 0.250. The number of carboxylic acids is 1.